The summed E-state index contributed by atoms with van der Waals surface area (Å²) in [6.45, 7) is 4.13. The molecule has 0 aromatic rings. The van der Waals surface area contributed by atoms with Gasteiger partial charge in [-0.15, -0.1) is 0 Å². The summed E-state index contributed by atoms with van der Waals surface area (Å²) < 4.78 is 0. The first-order valence-electron chi connectivity index (χ1n) is 7.02. The molecule has 0 radical (unpaired) electrons. The molecule has 2 atom stereocenters. The summed E-state index contributed by atoms with van der Waals surface area (Å²) in [5.74, 6) is 2.14. The minimum Gasteiger partial charge on any atom is -0.394 e. The van der Waals surface area contributed by atoms with Crippen LogP contribution in [0.5, 0.6) is 0 Å². The first-order valence-corrected chi connectivity index (χ1v) is 8.17. The molecule has 4 heteroatoms. The van der Waals surface area contributed by atoms with Crippen LogP contribution in [0, 0.1) is 5.92 Å². The lowest BCUT2D eigenvalue weighted by Gasteiger charge is -2.13. The van der Waals surface area contributed by atoms with Crippen LogP contribution in [0.15, 0.2) is 0 Å². The molecule has 0 aliphatic carbocycles. The first kappa shape index (κ1) is 17.9. The zero-order valence-electron chi connectivity index (χ0n) is 11.7. The molecule has 0 aromatic carbocycles. The molecule has 18 heavy (non-hydrogen) atoms. The molecule has 0 aliphatic heterocycles. The van der Waals surface area contributed by atoms with Crippen LogP contribution in [0.4, 0.5) is 0 Å². The molecule has 0 aromatic heterocycles. The minimum absolute atomic E-state index is 0.199. The second-order valence-corrected chi connectivity index (χ2v) is 5.97. The number of ketones is 1. The molecule has 108 valence electrons. The van der Waals surface area contributed by atoms with Gasteiger partial charge in [-0.25, -0.2) is 0 Å². The normalized spacial score (nSPS) is 14.4. The lowest BCUT2D eigenvalue weighted by atomic mass is 9.93. The van der Waals surface area contributed by atoms with Crippen LogP contribution in [0.2, 0.25) is 0 Å². The van der Waals surface area contributed by atoms with Gasteiger partial charge < -0.3 is 10.2 Å². The minimum atomic E-state index is -0.655. The number of aliphatic hydroxyl groups is 2. The summed E-state index contributed by atoms with van der Waals surface area (Å²) in [6.07, 6.45) is 5.29. The third-order valence-corrected chi connectivity index (χ3v) is 4.22. The number of hydrogen-bond donors (Lipinski definition) is 2. The van der Waals surface area contributed by atoms with Crippen molar-refractivity contribution in [1.82, 2.24) is 0 Å². The van der Waals surface area contributed by atoms with E-state index in [2.05, 4.69) is 13.8 Å². The van der Waals surface area contributed by atoms with Gasteiger partial charge in [0.2, 0.25) is 0 Å². The van der Waals surface area contributed by atoms with E-state index in [4.69, 9.17) is 10.2 Å². The van der Waals surface area contributed by atoms with Crippen LogP contribution in [-0.2, 0) is 4.79 Å². The number of carbonyl (C=O) groups excluding carboxylic acids is 1. The van der Waals surface area contributed by atoms with E-state index in [9.17, 15) is 4.79 Å². The zero-order chi connectivity index (χ0) is 13.8. The van der Waals surface area contributed by atoms with Gasteiger partial charge in [0, 0.05) is 24.3 Å². The maximum atomic E-state index is 11.8. The highest BCUT2D eigenvalue weighted by Crippen LogP contribution is 2.18. The Labute approximate surface area is 115 Å². The smallest absolute Gasteiger partial charge is 0.134 e. The fourth-order valence-electron chi connectivity index (χ4n) is 1.83. The maximum Gasteiger partial charge on any atom is 0.134 e. The van der Waals surface area contributed by atoms with E-state index in [0.29, 0.717) is 30.3 Å². The molecule has 3 nitrogen and oxygen atoms in total. The number of Topliss-reactive ketones (excluding diaryl/α,β-unsaturated/α-hetero) is 1. The second-order valence-electron chi connectivity index (χ2n) is 4.82. The maximum absolute atomic E-state index is 11.8. The van der Waals surface area contributed by atoms with Gasteiger partial charge in [-0.3, -0.25) is 4.79 Å². The van der Waals surface area contributed by atoms with Crippen molar-refractivity contribution in [2.75, 3.05) is 18.1 Å². The summed E-state index contributed by atoms with van der Waals surface area (Å²) in [6, 6.07) is 0. The van der Waals surface area contributed by atoms with Crippen molar-refractivity contribution in [2.24, 2.45) is 5.92 Å². The van der Waals surface area contributed by atoms with Crippen LogP contribution in [0.3, 0.4) is 0 Å². The first-order chi connectivity index (χ1) is 8.63. The molecule has 0 amide bonds. The predicted octanol–water partition coefficient (Wildman–Crippen LogP) is 2.64. The van der Waals surface area contributed by atoms with E-state index >= 15 is 0 Å². The monoisotopic (exact) mass is 276 g/mol. The van der Waals surface area contributed by atoms with Gasteiger partial charge in [0.1, 0.15) is 5.78 Å². The van der Waals surface area contributed by atoms with Crippen LogP contribution in [-0.4, -0.2) is 40.2 Å². The standard InChI is InChI=1S/C14H28O3S/c1-3-5-6-12(4-2)9-13(16)7-8-18-11-14(17)10-15/h12,14-15,17H,3-11H2,1-2H3. The van der Waals surface area contributed by atoms with E-state index in [1.807, 2.05) is 0 Å². The molecule has 0 saturated heterocycles. The molecule has 0 rings (SSSR count). The number of aliphatic hydroxyl groups excluding tert-OH is 2. The van der Waals surface area contributed by atoms with Gasteiger partial charge >= 0.3 is 0 Å². The highest BCUT2D eigenvalue weighted by molar-refractivity contribution is 7.99. The molecule has 0 aliphatic rings. The quantitative estimate of drug-likeness (QED) is 0.538. The van der Waals surface area contributed by atoms with Crippen LogP contribution >= 0.6 is 11.8 Å². The van der Waals surface area contributed by atoms with Gasteiger partial charge in [0.25, 0.3) is 0 Å². The van der Waals surface area contributed by atoms with Crippen LogP contribution in [0.1, 0.15) is 52.4 Å². The van der Waals surface area contributed by atoms with E-state index in [1.54, 1.807) is 0 Å². The Morgan fingerprint density at radius 1 is 1.33 bits per heavy atom. The summed E-state index contributed by atoms with van der Waals surface area (Å²) in [7, 11) is 0. The van der Waals surface area contributed by atoms with E-state index in [-0.39, 0.29) is 6.61 Å². The molecule has 0 saturated carbocycles. The van der Waals surface area contributed by atoms with E-state index in [1.165, 1.54) is 24.6 Å². The van der Waals surface area contributed by atoms with Crippen molar-refractivity contribution in [3.8, 4) is 0 Å². The zero-order valence-corrected chi connectivity index (χ0v) is 12.5. The largest absolute Gasteiger partial charge is 0.394 e. The fourth-order valence-corrected chi connectivity index (χ4v) is 2.74. The summed E-state index contributed by atoms with van der Waals surface area (Å²) in [5, 5.41) is 17.8. The highest BCUT2D eigenvalue weighted by Gasteiger charge is 2.11. The fraction of sp³-hybridized carbons (Fsp3) is 0.929. The van der Waals surface area contributed by atoms with Crippen molar-refractivity contribution < 1.29 is 15.0 Å². The molecular weight excluding hydrogens is 248 g/mol. The molecule has 0 fully saturated rings. The summed E-state index contributed by atoms with van der Waals surface area (Å²) in [5.41, 5.74) is 0. The Morgan fingerprint density at radius 3 is 2.61 bits per heavy atom. The van der Waals surface area contributed by atoms with Crippen molar-refractivity contribution >= 4 is 17.5 Å². The Hall–Kier alpha value is -0.0600. The lowest BCUT2D eigenvalue weighted by molar-refractivity contribution is -0.119. The van der Waals surface area contributed by atoms with Crippen molar-refractivity contribution in [3.63, 3.8) is 0 Å². The molecule has 0 spiro atoms. The SMILES string of the molecule is CCCCC(CC)CC(=O)CCSCC(O)CO. The Balaban J connectivity index is 3.62. The number of rotatable bonds is 12. The molecule has 0 bridgehead atoms. The topological polar surface area (TPSA) is 57.5 Å². The Kier molecular flexibility index (Phi) is 12.0. The Morgan fingerprint density at radius 2 is 2.06 bits per heavy atom. The van der Waals surface area contributed by atoms with Crippen LogP contribution < -0.4 is 0 Å². The van der Waals surface area contributed by atoms with E-state index in [0.717, 1.165) is 18.6 Å². The van der Waals surface area contributed by atoms with E-state index < -0.39 is 6.10 Å². The average molecular weight is 276 g/mol. The van der Waals surface area contributed by atoms with Gasteiger partial charge in [-0.05, 0) is 5.92 Å². The summed E-state index contributed by atoms with van der Waals surface area (Å²) in [4.78, 5) is 11.8. The second kappa shape index (κ2) is 12.0. The van der Waals surface area contributed by atoms with Crippen molar-refractivity contribution in [1.29, 1.82) is 0 Å². The van der Waals surface area contributed by atoms with Gasteiger partial charge in [0.05, 0.1) is 12.7 Å². The lowest BCUT2D eigenvalue weighted by Crippen LogP contribution is -2.15. The van der Waals surface area contributed by atoms with Gasteiger partial charge in [-0.1, -0.05) is 39.5 Å². The predicted molar refractivity (Wildman–Crippen MR) is 78.0 cm³/mol. The molecule has 2 N–H and O–H groups in total. The van der Waals surface area contributed by atoms with Crippen molar-refractivity contribution in [3.05, 3.63) is 0 Å². The molecule has 2 unspecified atom stereocenters. The Bertz CT molecular complexity index is 209. The third kappa shape index (κ3) is 9.92. The third-order valence-electron chi connectivity index (χ3n) is 3.11. The summed E-state index contributed by atoms with van der Waals surface area (Å²) >= 11 is 1.54. The number of unbranched alkanes of at least 4 members (excludes halogenated alkanes) is 1. The highest BCUT2D eigenvalue weighted by atomic mass is 32.2. The number of carbonyl (C=O) groups is 1. The number of thioether (sulfide) groups is 1. The average Bonchev–Trinajstić information content (AvgIpc) is 2.39. The van der Waals surface area contributed by atoms with Gasteiger partial charge in [0.15, 0.2) is 0 Å². The molecular formula is C14H28O3S. The van der Waals surface area contributed by atoms with Crippen LogP contribution in [0.25, 0.3) is 0 Å². The molecule has 0 heterocycles. The van der Waals surface area contributed by atoms with Gasteiger partial charge in [-0.2, -0.15) is 11.8 Å². The number of hydrogen-bond acceptors (Lipinski definition) is 4. The van der Waals surface area contributed by atoms with Crippen molar-refractivity contribution in [2.45, 2.75) is 58.5 Å².